The highest BCUT2D eigenvalue weighted by atomic mass is 16.5. The Labute approximate surface area is 93.8 Å². The predicted molar refractivity (Wildman–Crippen MR) is 63.8 cm³/mol. The largest absolute Gasteiger partial charge is 0.378 e. The summed E-state index contributed by atoms with van der Waals surface area (Å²) in [7, 11) is 0. The molecule has 1 saturated heterocycles. The maximum absolute atomic E-state index is 5.72. The van der Waals surface area contributed by atoms with E-state index in [0.717, 1.165) is 26.2 Å². The number of nitrogens with two attached hydrogens (primary N) is 1. The molecule has 0 aromatic heterocycles. The van der Waals surface area contributed by atoms with Crippen LogP contribution in [0.5, 0.6) is 0 Å². The minimum absolute atomic E-state index is 0.431. The molecule has 3 atom stereocenters. The van der Waals surface area contributed by atoms with Gasteiger partial charge in [0.2, 0.25) is 0 Å². The molecule has 15 heavy (non-hydrogen) atoms. The topological polar surface area (TPSA) is 47.3 Å². The van der Waals surface area contributed by atoms with E-state index in [1.165, 1.54) is 19.3 Å². The number of rotatable bonds is 7. The quantitative estimate of drug-likeness (QED) is 0.673. The fraction of sp³-hybridized carbons (Fsp3) is 1.00. The molecule has 0 aromatic carbocycles. The smallest absolute Gasteiger partial charge is 0.0588 e. The molecule has 0 bridgehead atoms. The van der Waals surface area contributed by atoms with Crippen LogP contribution in [0.2, 0.25) is 0 Å². The predicted octanol–water partition coefficient (Wildman–Crippen LogP) is 1.38. The van der Waals surface area contributed by atoms with Crippen molar-refractivity contribution >= 4 is 0 Å². The van der Waals surface area contributed by atoms with Gasteiger partial charge >= 0.3 is 0 Å². The first-order chi connectivity index (χ1) is 7.27. The van der Waals surface area contributed by atoms with Gasteiger partial charge in [-0.15, -0.1) is 0 Å². The van der Waals surface area contributed by atoms with Crippen LogP contribution in [0.4, 0.5) is 0 Å². The molecule has 0 radical (unpaired) electrons. The summed E-state index contributed by atoms with van der Waals surface area (Å²) in [6, 6.07) is 0. The lowest BCUT2D eigenvalue weighted by atomic mass is 10.0. The van der Waals surface area contributed by atoms with E-state index in [2.05, 4.69) is 19.2 Å². The number of hydrogen-bond donors (Lipinski definition) is 2. The van der Waals surface area contributed by atoms with Crippen LogP contribution in [0.25, 0.3) is 0 Å². The van der Waals surface area contributed by atoms with Crippen molar-refractivity contribution in [3.05, 3.63) is 0 Å². The first kappa shape index (κ1) is 12.9. The molecule has 1 aliphatic heterocycles. The van der Waals surface area contributed by atoms with E-state index >= 15 is 0 Å². The van der Waals surface area contributed by atoms with Crippen LogP contribution in [0.3, 0.4) is 0 Å². The van der Waals surface area contributed by atoms with Gasteiger partial charge in [-0.3, -0.25) is 0 Å². The van der Waals surface area contributed by atoms with Gasteiger partial charge in [0.05, 0.1) is 6.10 Å². The maximum atomic E-state index is 5.72. The van der Waals surface area contributed by atoms with Crippen molar-refractivity contribution in [2.75, 3.05) is 26.2 Å². The van der Waals surface area contributed by atoms with Crippen molar-refractivity contribution in [2.45, 2.75) is 39.2 Å². The molecular weight excluding hydrogens is 188 g/mol. The summed E-state index contributed by atoms with van der Waals surface area (Å²) >= 11 is 0. The number of nitrogens with one attached hydrogen (secondary N) is 1. The lowest BCUT2D eigenvalue weighted by Crippen LogP contribution is -2.33. The Kier molecular flexibility index (Phi) is 6.22. The molecule has 3 heteroatoms. The van der Waals surface area contributed by atoms with E-state index in [1.807, 2.05) is 0 Å². The summed E-state index contributed by atoms with van der Waals surface area (Å²) in [5.74, 6) is 1.35. The first-order valence-electron chi connectivity index (χ1n) is 6.30. The van der Waals surface area contributed by atoms with Crippen LogP contribution >= 0.6 is 0 Å². The molecule has 1 rings (SSSR count). The molecule has 0 aliphatic carbocycles. The normalized spacial score (nSPS) is 28.2. The SMILES string of the molecule is CCCC(CN)CNCC1CCOC1C. The fourth-order valence-electron chi connectivity index (χ4n) is 2.23. The summed E-state index contributed by atoms with van der Waals surface area (Å²) in [5.41, 5.74) is 5.72. The highest BCUT2D eigenvalue weighted by Crippen LogP contribution is 2.19. The van der Waals surface area contributed by atoms with Crippen molar-refractivity contribution in [1.82, 2.24) is 5.32 Å². The van der Waals surface area contributed by atoms with Gasteiger partial charge in [0.25, 0.3) is 0 Å². The summed E-state index contributed by atoms with van der Waals surface area (Å²) in [6.45, 7) is 8.27. The third kappa shape index (κ3) is 4.49. The Morgan fingerprint density at radius 2 is 2.33 bits per heavy atom. The Hall–Kier alpha value is -0.120. The Morgan fingerprint density at radius 1 is 1.53 bits per heavy atom. The molecule has 90 valence electrons. The monoisotopic (exact) mass is 214 g/mol. The second kappa shape index (κ2) is 7.20. The summed E-state index contributed by atoms with van der Waals surface area (Å²) in [4.78, 5) is 0. The van der Waals surface area contributed by atoms with Crippen molar-refractivity contribution in [3.63, 3.8) is 0 Å². The molecule has 0 amide bonds. The molecule has 1 heterocycles. The van der Waals surface area contributed by atoms with Gasteiger partial charge in [-0.2, -0.15) is 0 Å². The van der Waals surface area contributed by atoms with E-state index in [4.69, 9.17) is 10.5 Å². The molecule has 1 fully saturated rings. The Morgan fingerprint density at radius 3 is 2.87 bits per heavy atom. The number of ether oxygens (including phenoxy) is 1. The second-order valence-electron chi connectivity index (χ2n) is 4.67. The third-order valence-corrected chi connectivity index (χ3v) is 3.40. The number of hydrogen-bond acceptors (Lipinski definition) is 3. The van der Waals surface area contributed by atoms with Gasteiger partial charge < -0.3 is 15.8 Å². The molecule has 3 nitrogen and oxygen atoms in total. The zero-order valence-electron chi connectivity index (χ0n) is 10.2. The lowest BCUT2D eigenvalue weighted by Gasteiger charge is -2.18. The maximum Gasteiger partial charge on any atom is 0.0588 e. The molecule has 3 unspecified atom stereocenters. The highest BCUT2D eigenvalue weighted by Gasteiger charge is 2.23. The zero-order valence-corrected chi connectivity index (χ0v) is 10.2. The first-order valence-corrected chi connectivity index (χ1v) is 6.30. The fourth-order valence-corrected chi connectivity index (χ4v) is 2.23. The van der Waals surface area contributed by atoms with Gasteiger partial charge in [-0.1, -0.05) is 13.3 Å². The van der Waals surface area contributed by atoms with Gasteiger partial charge in [0, 0.05) is 13.2 Å². The van der Waals surface area contributed by atoms with Crippen LogP contribution in [0, 0.1) is 11.8 Å². The lowest BCUT2D eigenvalue weighted by molar-refractivity contribution is 0.105. The molecule has 0 aromatic rings. The van der Waals surface area contributed by atoms with Gasteiger partial charge in [0.15, 0.2) is 0 Å². The van der Waals surface area contributed by atoms with Crippen LogP contribution in [-0.2, 0) is 4.74 Å². The standard InChI is InChI=1S/C12H26N2O/c1-3-4-11(7-13)8-14-9-12-5-6-15-10(12)2/h10-12,14H,3-9,13H2,1-2H3. The summed E-state index contributed by atoms with van der Waals surface area (Å²) in [6.07, 6.45) is 4.10. The Bertz CT molecular complexity index is 164. The van der Waals surface area contributed by atoms with Crippen LogP contribution < -0.4 is 11.1 Å². The van der Waals surface area contributed by atoms with E-state index < -0.39 is 0 Å². The minimum Gasteiger partial charge on any atom is -0.378 e. The summed E-state index contributed by atoms with van der Waals surface area (Å²) < 4.78 is 5.53. The van der Waals surface area contributed by atoms with E-state index in [0.29, 0.717) is 17.9 Å². The van der Waals surface area contributed by atoms with Crippen LogP contribution in [0.15, 0.2) is 0 Å². The van der Waals surface area contributed by atoms with Crippen molar-refractivity contribution < 1.29 is 4.74 Å². The molecule has 3 N–H and O–H groups in total. The third-order valence-electron chi connectivity index (χ3n) is 3.40. The molecule has 0 spiro atoms. The highest BCUT2D eigenvalue weighted by molar-refractivity contribution is 4.75. The van der Waals surface area contributed by atoms with Crippen LogP contribution in [0.1, 0.15) is 33.1 Å². The molecule has 1 aliphatic rings. The summed E-state index contributed by atoms with van der Waals surface area (Å²) in [5, 5.41) is 3.53. The van der Waals surface area contributed by atoms with Crippen molar-refractivity contribution in [3.8, 4) is 0 Å². The zero-order chi connectivity index (χ0) is 11.1. The van der Waals surface area contributed by atoms with Crippen molar-refractivity contribution in [1.29, 1.82) is 0 Å². The van der Waals surface area contributed by atoms with Crippen molar-refractivity contribution in [2.24, 2.45) is 17.6 Å². The van der Waals surface area contributed by atoms with Crippen LogP contribution in [-0.4, -0.2) is 32.3 Å². The average molecular weight is 214 g/mol. The molecule has 0 saturated carbocycles. The Balaban J connectivity index is 2.08. The van der Waals surface area contributed by atoms with Gasteiger partial charge in [-0.25, -0.2) is 0 Å². The minimum atomic E-state index is 0.431. The van der Waals surface area contributed by atoms with Gasteiger partial charge in [0.1, 0.15) is 0 Å². The van der Waals surface area contributed by atoms with E-state index in [1.54, 1.807) is 0 Å². The van der Waals surface area contributed by atoms with Gasteiger partial charge in [-0.05, 0) is 44.7 Å². The van der Waals surface area contributed by atoms with E-state index in [-0.39, 0.29) is 0 Å². The second-order valence-corrected chi connectivity index (χ2v) is 4.67. The molecular formula is C12H26N2O. The average Bonchev–Trinajstić information content (AvgIpc) is 2.63. The van der Waals surface area contributed by atoms with E-state index in [9.17, 15) is 0 Å².